The molecule has 1 fully saturated rings. The van der Waals surface area contributed by atoms with Gasteiger partial charge in [-0.2, -0.15) is 0 Å². The van der Waals surface area contributed by atoms with Crippen LogP contribution in [-0.4, -0.2) is 17.6 Å². The average Bonchev–Trinajstić information content (AvgIpc) is 3.03. The van der Waals surface area contributed by atoms with E-state index in [0.717, 1.165) is 23.4 Å². The molecule has 1 aromatic heterocycles. The van der Waals surface area contributed by atoms with Crippen LogP contribution in [0.25, 0.3) is 11.0 Å². The number of rotatable bonds is 5. The van der Waals surface area contributed by atoms with Crippen molar-refractivity contribution in [3.63, 3.8) is 0 Å². The largest absolute Gasteiger partial charge is 0.475 e. The Morgan fingerprint density at radius 1 is 1.38 bits per heavy atom. The topological polar surface area (TPSA) is 62.5 Å². The van der Waals surface area contributed by atoms with E-state index in [0.29, 0.717) is 18.0 Å². The molecule has 0 radical (unpaired) electrons. The van der Waals surface area contributed by atoms with Gasteiger partial charge in [0.25, 0.3) is 0 Å². The molecule has 0 amide bonds. The minimum atomic E-state index is -1.00. The minimum Gasteiger partial charge on any atom is -0.475 e. The molecule has 1 aromatic carbocycles. The zero-order valence-corrected chi connectivity index (χ0v) is 12.3. The van der Waals surface area contributed by atoms with Gasteiger partial charge in [0, 0.05) is 17.5 Å². The van der Waals surface area contributed by atoms with Crippen LogP contribution in [0, 0.1) is 11.8 Å². The zero-order valence-electron chi connectivity index (χ0n) is 12.3. The SMILES string of the molecule is CC1CCC(CNCc2c(C(=O)O)oc3ccccc23)C1. The van der Waals surface area contributed by atoms with Gasteiger partial charge < -0.3 is 14.8 Å². The maximum absolute atomic E-state index is 11.3. The fraction of sp³-hybridized carbons (Fsp3) is 0.471. The third-order valence-electron chi connectivity index (χ3n) is 4.43. The summed E-state index contributed by atoms with van der Waals surface area (Å²) in [7, 11) is 0. The van der Waals surface area contributed by atoms with E-state index in [9.17, 15) is 9.90 Å². The van der Waals surface area contributed by atoms with Crippen LogP contribution in [0.3, 0.4) is 0 Å². The highest BCUT2D eigenvalue weighted by Gasteiger charge is 2.22. The molecular formula is C17H21NO3. The summed E-state index contributed by atoms with van der Waals surface area (Å²) in [5.74, 6) is 0.591. The molecule has 4 heteroatoms. The van der Waals surface area contributed by atoms with Crippen LogP contribution in [0.2, 0.25) is 0 Å². The van der Waals surface area contributed by atoms with Crippen LogP contribution >= 0.6 is 0 Å². The van der Waals surface area contributed by atoms with Gasteiger partial charge in [-0.1, -0.05) is 31.5 Å². The quantitative estimate of drug-likeness (QED) is 0.881. The predicted molar refractivity (Wildman–Crippen MR) is 81.4 cm³/mol. The number of hydrogen-bond donors (Lipinski definition) is 2. The third-order valence-corrected chi connectivity index (χ3v) is 4.43. The van der Waals surface area contributed by atoms with Crippen LogP contribution in [0.1, 0.15) is 42.3 Å². The van der Waals surface area contributed by atoms with Gasteiger partial charge in [-0.3, -0.25) is 0 Å². The molecule has 3 rings (SSSR count). The lowest BCUT2D eigenvalue weighted by Gasteiger charge is -2.10. The molecule has 4 nitrogen and oxygen atoms in total. The Hall–Kier alpha value is -1.81. The first kappa shape index (κ1) is 14.1. The summed E-state index contributed by atoms with van der Waals surface area (Å²) in [6.45, 7) is 3.79. The van der Waals surface area contributed by atoms with Gasteiger partial charge in [0.05, 0.1) is 0 Å². The molecule has 1 aliphatic rings. The Bertz CT molecular complexity index is 647. The first-order chi connectivity index (χ1) is 10.1. The van der Waals surface area contributed by atoms with Gasteiger partial charge in [0.2, 0.25) is 5.76 Å². The van der Waals surface area contributed by atoms with Crippen molar-refractivity contribution in [2.24, 2.45) is 11.8 Å². The van der Waals surface area contributed by atoms with Crippen molar-refractivity contribution in [3.8, 4) is 0 Å². The molecule has 1 saturated carbocycles. The predicted octanol–water partition coefficient (Wildman–Crippen LogP) is 3.66. The highest BCUT2D eigenvalue weighted by Crippen LogP contribution is 2.30. The first-order valence-corrected chi connectivity index (χ1v) is 7.59. The molecule has 2 unspecified atom stereocenters. The average molecular weight is 287 g/mol. The molecule has 2 atom stereocenters. The smallest absolute Gasteiger partial charge is 0.372 e. The number of nitrogens with one attached hydrogen (secondary N) is 1. The fourth-order valence-electron chi connectivity index (χ4n) is 3.36. The Morgan fingerprint density at radius 2 is 2.19 bits per heavy atom. The van der Waals surface area contributed by atoms with Gasteiger partial charge in [0.1, 0.15) is 5.58 Å². The summed E-state index contributed by atoms with van der Waals surface area (Å²) in [6, 6.07) is 7.49. The second kappa shape index (κ2) is 5.90. The number of carboxylic acids is 1. The Labute approximate surface area is 124 Å². The summed E-state index contributed by atoms with van der Waals surface area (Å²) in [4.78, 5) is 11.3. The van der Waals surface area contributed by atoms with Gasteiger partial charge in [-0.05, 0) is 37.3 Å². The summed E-state index contributed by atoms with van der Waals surface area (Å²) >= 11 is 0. The Balaban J connectivity index is 1.73. The number of fused-ring (bicyclic) bond motifs is 1. The zero-order chi connectivity index (χ0) is 14.8. The normalized spacial score (nSPS) is 22.0. The fourth-order valence-corrected chi connectivity index (χ4v) is 3.36. The van der Waals surface area contributed by atoms with E-state index in [1.54, 1.807) is 0 Å². The number of benzene rings is 1. The summed E-state index contributed by atoms with van der Waals surface area (Å²) in [5.41, 5.74) is 1.39. The van der Waals surface area contributed by atoms with E-state index >= 15 is 0 Å². The molecule has 0 saturated heterocycles. The van der Waals surface area contributed by atoms with Crippen LogP contribution < -0.4 is 5.32 Å². The van der Waals surface area contributed by atoms with Crippen molar-refractivity contribution in [2.75, 3.05) is 6.54 Å². The van der Waals surface area contributed by atoms with Crippen LogP contribution in [-0.2, 0) is 6.54 Å². The second-order valence-corrected chi connectivity index (χ2v) is 6.13. The Kier molecular flexibility index (Phi) is 3.97. The van der Waals surface area contributed by atoms with Crippen LogP contribution in [0.4, 0.5) is 0 Å². The van der Waals surface area contributed by atoms with E-state index in [1.807, 2.05) is 24.3 Å². The molecule has 1 aliphatic carbocycles. The van der Waals surface area contributed by atoms with Crippen molar-refractivity contribution in [2.45, 2.75) is 32.7 Å². The van der Waals surface area contributed by atoms with Crippen LogP contribution in [0.15, 0.2) is 28.7 Å². The lowest BCUT2D eigenvalue weighted by atomic mass is 10.1. The number of hydrogen-bond acceptors (Lipinski definition) is 3. The van der Waals surface area contributed by atoms with Crippen molar-refractivity contribution in [1.82, 2.24) is 5.32 Å². The van der Waals surface area contributed by atoms with Crippen molar-refractivity contribution >= 4 is 16.9 Å². The lowest BCUT2D eigenvalue weighted by molar-refractivity contribution is 0.0663. The molecule has 0 spiro atoms. The van der Waals surface area contributed by atoms with Gasteiger partial charge in [-0.25, -0.2) is 4.79 Å². The van der Waals surface area contributed by atoms with E-state index in [1.165, 1.54) is 19.3 Å². The number of carboxylic acid groups (broad SMARTS) is 1. The number of aromatic carboxylic acids is 1. The highest BCUT2D eigenvalue weighted by molar-refractivity contribution is 5.95. The molecule has 2 N–H and O–H groups in total. The molecule has 21 heavy (non-hydrogen) atoms. The second-order valence-electron chi connectivity index (χ2n) is 6.13. The molecule has 0 aliphatic heterocycles. The summed E-state index contributed by atoms with van der Waals surface area (Å²) in [6.07, 6.45) is 3.85. The number of carbonyl (C=O) groups is 1. The van der Waals surface area contributed by atoms with E-state index in [4.69, 9.17) is 4.42 Å². The number of para-hydroxylation sites is 1. The monoisotopic (exact) mass is 287 g/mol. The van der Waals surface area contributed by atoms with Gasteiger partial charge >= 0.3 is 5.97 Å². The minimum absolute atomic E-state index is 0.0588. The Morgan fingerprint density at radius 3 is 2.90 bits per heavy atom. The lowest BCUT2D eigenvalue weighted by Crippen LogP contribution is -2.21. The van der Waals surface area contributed by atoms with Crippen molar-refractivity contribution in [1.29, 1.82) is 0 Å². The van der Waals surface area contributed by atoms with Gasteiger partial charge in [0.15, 0.2) is 0 Å². The molecule has 112 valence electrons. The van der Waals surface area contributed by atoms with Gasteiger partial charge in [-0.15, -0.1) is 0 Å². The molecule has 1 heterocycles. The van der Waals surface area contributed by atoms with E-state index in [-0.39, 0.29) is 5.76 Å². The maximum atomic E-state index is 11.3. The summed E-state index contributed by atoms with van der Waals surface area (Å²) in [5, 5.41) is 13.6. The first-order valence-electron chi connectivity index (χ1n) is 7.59. The standard InChI is InChI=1S/C17H21NO3/c1-11-6-7-12(8-11)9-18-10-14-13-4-2-3-5-15(13)21-16(14)17(19)20/h2-5,11-12,18H,6-10H2,1H3,(H,19,20). The molecular weight excluding hydrogens is 266 g/mol. The van der Waals surface area contributed by atoms with Crippen LogP contribution in [0.5, 0.6) is 0 Å². The van der Waals surface area contributed by atoms with E-state index in [2.05, 4.69) is 12.2 Å². The summed E-state index contributed by atoms with van der Waals surface area (Å²) < 4.78 is 5.46. The highest BCUT2D eigenvalue weighted by atomic mass is 16.4. The number of furan rings is 1. The van der Waals surface area contributed by atoms with Crippen molar-refractivity contribution in [3.05, 3.63) is 35.6 Å². The molecule has 0 bridgehead atoms. The maximum Gasteiger partial charge on any atom is 0.372 e. The third kappa shape index (κ3) is 2.95. The van der Waals surface area contributed by atoms with E-state index < -0.39 is 5.97 Å². The molecule has 2 aromatic rings. The van der Waals surface area contributed by atoms with Crippen molar-refractivity contribution < 1.29 is 14.3 Å².